The molecule has 10 heteroatoms. The van der Waals surface area contributed by atoms with Crippen LogP contribution in [0.3, 0.4) is 0 Å². The van der Waals surface area contributed by atoms with Crippen LogP contribution in [0.5, 0.6) is 5.88 Å². The van der Waals surface area contributed by atoms with E-state index in [0.29, 0.717) is 10.6 Å². The highest BCUT2D eigenvalue weighted by molar-refractivity contribution is 7.71. The topological polar surface area (TPSA) is 94.2 Å². The van der Waals surface area contributed by atoms with Crippen molar-refractivity contribution in [2.24, 2.45) is 4.99 Å². The number of nitriles is 1. The van der Waals surface area contributed by atoms with Crippen LogP contribution in [0.1, 0.15) is 34.4 Å². The number of halogens is 2. The van der Waals surface area contributed by atoms with Gasteiger partial charge < -0.3 is 5.11 Å². The van der Waals surface area contributed by atoms with Crippen molar-refractivity contribution >= 4 is 46.4 Å². The molecule has 0 saturated heterocycles. The maximum atomic E-state index is 13.5. The van der Waals surface area contributed by atoms with Gasteiger partial charge in [0.2, 0.25) is 5.88 Å². The third-order valence-corrected chi connectivity index (χ3v) is 6.63. The fourth-order valence-corrected chi connectivity index (χ4v) is 5.04. The molecule has 0 amide bonds. The number of H-pyrrole nitrogens is 1. The van der Waals surface area contributed by atoms with E-state index in [1.807, 2.05) is 0 Å². The van der Waals surface area contributed by atoms with Crippen molar-refractivity contribution in [2.45, 2.75) is 25.7 Å². The second-order valence-electron chi connectivity index (χ2n) is 6.69. The number of aromatic amines is 1. The number of aromatic nitrogens is 2. The zero-order valence-electron chi connectivity index (χ0n) is 15.4. The number of fused-ring (bicyclic) bond motifs is 1. The summed E-state index contributed by atoms with van der Waals surface area (Å²) in [4.78, 5) is 20.3. The lowest BCUT2D eigenvalue weighted by molar-refractivity contribution is 0.432. The Balaban J connectivity index is 1.82. The summed E-state index contributed by atoms with van der Waals surface area (Å²) in [7, 11) is 0. The number of benzene rings is 1. The first-order chi connectivity index (χ1) is 14.4. The Morgan fingerprint density at radius 1 is 1.40 bits per heavy atom. The van der Waals surface area contributed by atoms with Crippen molar-refractivity contribution in [2.75, 3.05) is 0 Å². The van der Waals surface area contributed by atoms with Gasteiger partial charge in [0.15, 0.2) is 4.77 Å². The van der Waals surface area contributed by atoms with Gasteiger partial charge in [0.05, 0.1) is 16.3 Å². The van der Waals surface area contributed by atoms with Crippen molar-refractivity contribution in [3.63, 3.8) is 0 Å². The maximum Gasteiger partial charge on any atom is 0.264 e. The standard InChI is InChI=1S/C20H14ClFN4O2S2/c21-14-7-10(5-6-15(14)22)26-19(28)13(17(27)25-20(26)29)9-24-18-12(8-23)11-3-1-2-4-16(11)30-18/h5-7,9,28H,1-4H2,(H,25,27,29). The van der Waals surface area contributed by atoms with Crippen molar-refractivity contribution in [1.29, 1.82) is 5.26 Å². The van der Waals surface area contributed by atoms with Crippen LogP contribution < -0.4 is 5.56 Å². The summed E-state index contributed by atoms with van der Waals surface area (Å²) in [6.07, 6.45) is 5.06. The van der Waals surface area contributed by atoms with Gasteiger partial charge in [-0.3, -0.25) is 14.3 Å². The van der Waals surface area contributed by atoms with Crippen LogP contribution in [0, 0.1) is 21.9 Å². The predicted molar refractivity (Wildman–Crippen MR) is 117 cm³/mol. The monoisotopic (exact) mass is 460 g/mol. The molecule has 2 heterocycles. The minimum absolute atomic E-state index is 0.0818. The first kappa shape index (κ1) is 20.5. The van der Waals surface area contributed by atoms with E-state index in [0.717, 1.165) is 46.8 Å². The van der Waals surface area contributed by atoms with Crippen LogP contribution in [0.2, 0.25) is 5.02 Å². The fourth-order valence-electron chi connectivity index (χ4n) is 3.40. The molecule has 1 aromatic carbocycles. The molecule has 6 nitrogen and oxygen atoms in total. The van der Waals surface area contributed by atoms with E-state index in [1.54, 1.807) is 0 Å². The molecule has 0 saturated carbocycles. The summed E-state index contributed by atoms with van der Waals surface area (Å²) < 4.78 is 14.6. The van der Waals surface area contributed by atoms with Gasteiger partial charge in [-0.25, -0.2) is 9.38 Å². The van der Waals surface area contributed by atoms with Crippen molar-refractivity contribution in [1.82, 2.24) is 9.55 Å². The largest absolute Gasteiger partial charge is 0.494 e. The third-order valence-electron chi connectivity index (χ3n) is 4.86. The smallest absolute Gasteiger partial charge is 0.264 e. The molecular formula is C20H14ClFN4O2S2. The molecule has 2 N–H and O–H groups in total. The molecule has 0 bridgehead atoms. The van der Waals surface area contributed by atoms with Crippen LogP contribution in [-0.2, 0) is 12.8 Å². The fraction of sp³-hybridized carbons (Fsp3) is 0.200. The highest BCUT2D eigenvalue weighted by Gasteiger charge is 2.21. The first-order valence-electron chi connectivity index (χ1n) is 9.03. The first-order valence-corrected chi connectivity index (χ1v) is 10.6. The minimum Gasteiger partial charge on any atom is -0.494 e. The summed E-state index contributed by atoms with van der Waals surface area (Å²) >= 11 is 12.4. The minimum atomic E-state index is -0.634. The number of nitrogens with one attached hydrogen (secondary N) is 1. The van der Waals surface area contributed by atoms with Gasteiger partial charge in [0.1, 0.15) is 22.5 Å². The van der Waals surface area contributed by atoms with Crippen LogP contribution >= 0.6 is 35.2 Å². The highest BCUT2D eigenvalue weighted by atomic mass is 35.5. The van der Waals surface area contributed by atoms with E-state index >= 15 is 0 Å². The van der Waals surface area contributed by atoms with E-state index in [1.165, 1.54) is 29.7 Å². The molecule has 152 valence electrons. The molecule has 0 radical (unpaired) electrons. The molecule has 2 aromatic heterocycles. The van der Waals surface area contributed by atoms with Gasteiger partial charge in [0, 0.05) is 11.1 Å². The van der Waals surface area contributed by atoms with Gasteiger partial charge in [0.25, 0.3) is 5.56 Å². The number of aryl methyl sites for hydroxylation is 1. The molecule has 3 aromatic rings. The number of aliphatic imine (C=N–C) groups is 1. The molecule has 0 fully saturated rings. The lowest BCUT2D eigenvalue weighted by Crippen LogP contribution is -2.18. The van der Waals surface area contributed by atoms with Gasteiger partial charge in [-0.2, -0.15) is 5.26 Å². The Kier molecular flexibility index (Phi) is 5.56. The zero-order valence-corrected chi connectivity index (χ0v) is 17.8. The van der Waals surface area contributed by atoms with E-state index in [4.69, 9.17) is 23.8 Å². The highest BCUT2D eigenvalue weighted by Crippen LogP contribution is 2.39. The number of hydrogen-bond acceptors (Lipinski definition) is 6. The summed E-state index contributed by atoms with van der Waals surface area (Å²) in [6, 6.07) is 5.99. The van der Waals surface area contributed by atoms with Crippen LogP contribution in [0.15, 0.2) is 28.0 Å². The van der Waals surface area contributed by atoms with Crippen molar-refractivity contribution in [3.8, 4) is 17.6 Å². The second-order valence-corrected chi connectivity index (χ2v) is 8.57. The Bertz CT molecular complexity index is 1350. The number of rotatable bonds is 3. The maximum absolute atomic E-state index is 13.5. The Morgan fingerprint density at radius 2 is 2.17 bits per heavy atom. The number of aromatic hydroxyl groups is 1. The molecule has 0 spiro atoms. The van der Waals surface area contributed by atoms with Crippen LogP contribution in [0.25, 0.3) is 5.69 Å². The van der Waals surface area contributed by atoms with E-state index in [9.17, 15) is 19.6 Å². The lowest BCUT2D eigenvalue weighted by atomic mass is 9.96. The summed E-state index contributed by atoms with van der Waals surface area (Å²) in [5.41, 5.74) is 1.04. The normalized spacial score (nSPS) is 13.4. The summed E-state index contributed by atoms with van der Waals surface area (Å²) in [5.74, 6) is -1.08. The van der Waals surface area contributed by atoms with E-state index < -0.39 is 17.3 Å². The molecule has 4 rings (SSSR count). The average Bonchev–Trinajstić information content (AvgIpc) is 3.07. The Hall–Kier alpha value is -2.80. The molecule has 0 aliphatic heterocycles. The molecular weight excluding hydrogens is 447 g/mol. The lowest BCUT2D eigenvalue weighted by Gasteiger charge is -2.11. The molecule has 1 aliphatic carbocycles. The van der Waals surface area contributed by atoms with Crippen molar-refractivity contribution in [3.05, 3.63) is 65.7 Å². The molecule has 0 unspecified atom stereocenters. The van der Waals surface area contributed by atoms with Gasteiger partial charge in [-0.05, 0) is 61.7 Å². The van der Waals surface area contributed by atoms with E-state index in [-0.39, 0.29) is 21.0 Å². The number of hydrogen-bond donors (Lipinski definition) is 2. The third kappa shape index (κ3) is 3.58. The molecule has 30 heavy (non-hydrogen) atoms. The Morgan fingerprint density at radius 3 is 2.90 bits per heavy atom. The number of thiophene rings is 1. The van der Waals surface area contributed by atoms with Gasteiger partial charge in [-0.1, -0.05) is 11.6 Å². The Labute approximate surface area is 184 Å². The van der Waals surface area contributed by atoms with Crippen LogP contribution in [-0.4, -0.2) is 20.9 Å². The summed E-state index contributed by atoms with van der Waals surface area (Å²) in [6.45, 7) is 0. The predicted octanol–water partition coefficient (Wildman–Crippen LogP) is 4.96. The number of nitrogens with zero attached hydrogens (tertiary/aromatic N) is 3. The average molecular weight is 461 g/mol. The quantitative estimate of drug-likeness (QED) is 0.427. The summed E-state index contributed by atoms with van der Waals surface area (Å²) in [5, 5.41) is 20.6. The van der Waals surface area contributed by atoms with Gasteiger partial charge in [-0.15, -0.1) is 11.3 Å². The van der Waals surface area contributed by atoms with Crippen molar-refractivity contribution < 1.29 is 9.50 Å². The second kappa shape index (κ2) is 8.14. The SMILES string of the molecule is N#Cc1c(N=Cc2c(O)n(-c3ccc(F)c(Cl)c3)c(=S)[nH]c2=O)sc2c1CCCC2. The zero-order chi connectivity index (χ0) is 21.4. The molecule has 1 aliphatic rings. The van der Waals surface area contributed by atoms with Gasteiger partial charge >= 0.3 is 0 Å². The molecule has 0 atom stereocenters. The van der Waals surface area contributed by atoms with E-state index in [2.05, 4.69) is 16.0 Å². The van der Waals surface area contributed by atoms with Crippen LogP contribution in [0.4, 0.5) is 9.39 Å².